The highest BCUT2D eigenvalue weighted by Gasteiger charge is 2.24. The molecule has 1 unspecified atom stereocenters. The lowest BCUT2D eigenvalue weighted by Gasteiger charge is -2.31. The molecule has 2 atom stereocenters. The number of carbonyl (C=O) groups is 1. The fourth-order valence-corrected chi connectivity index (χ4v) is 4.04. The lowest BCUT2D eigenvalue weighted by atomic mass is 9.89. The number of aromatic hydroxyl groups is 2. The molecule has 0 fully saturated rings. The summed E-state index contributed by atoms with van der Waals surface area (Å²) in [7, 11) is 0. The summed E-state index contributed by atoms with van der Waals surface area (Å²) in [6, 6.07) is 20.3. The van der Waals surface area contributed by atoms with E-state index >= 15 is 0 Å². The van der Waals surface area contributed by atoms with Crippen LogP contribution in [0.3, 0.4) is 0 Å². The van der Waals surface area contributed by atoms with Crippen LogP contribution in [0.4, 0.5) is 0 Å². The van der Waals surface area contributed by atoms with Gasteiger partial charge in [-0.15, -0.1) is 0 Å². The third kappa shape index (κ3) is 8.12. The maximum absolute atomic E-state index is 12.5. The first-order chi connectivity index (χ1) is 16.7. The zero-order chi connectivity index (χ0) is 25.4. The van der Waals surface area contributed by atoms with E-state index in [9.17, 15) is 20.1 Å². The van der Waals surface area contributed by atoms with Gasteiger partial charge in [-0.05, 0) is 61.1 Å². The highest BCUT2D eigenvalue weighted by molar-refractivity contribution is 5.78. The Kier molecular flexibility index (Phi) is 8.90. The minimum Gasteiger partial charge on any atom is -0.508 e. The zero-order valence-electron chi connectivity index (χ0n) is 20.7. The van der Waals surface area contributed by atoms with Gasteiger partial charge in [0, 0.05) is 24.7 Å². The van der Waals surface area contributed by atoms with Crippen LogP contribution in [0.2, 0.25) is 0 Å². The molecule has 3 aromatic carbocycles. The summed E-state index contributed by atoms with van der Waals surface area (Å²) >= 11 is 0. The number of hydrogen-bond acceptors (Lipinski definition) is 5. The standard InChI is InChI=1S/C29H36N2O4/c1-4-29(3,31-19-27(34)24-14-25(32)16-26(33)15-24)17-23-7-5-6-22(12-23)13-28(35)30-18-21-10-8-20(2)9-11-21/h5-12,14-16,27,31-34H,4,13,17-19H2,1-3H3,(H,30,35)/t27-,29?/m0/s1. The molecule has 0 radical (unpaired) electrons. The fourth-order valence-electron chi connectivity index (χ4n) is 4.04. The summed E-state index contributed by atoms with van der Waals surface area (Å²) in [5, 5.41) is 36.3. The number of β-amino-alcohol motifs (C(OH)–C–C–N with tert-alkyl or cyclic N) is 1. The van der Waals surface area contributed by atoms with Gasteiger partial charge >= 0.3 is 0 Å². The predicted molar refractivity (Wildman–Crippen MR) is 138 cm³/mol. The molecular weight excluding hydrogens is 440 g/mol. The van der Waals surface area contributed by atoms with Crippen LogP contribution in [-0.2, 0) is 24.2 Å². The Morgan fingerprint density at radius 3 is 2.26 bits per heavy atom. The Hall–Kier alpha value is -3.35. The van der Waals surface area contributed by atoms with Gasteiger partial charge < -0.3 is 26.0 Å². The molecule has 0 saturated heterocycles. The first-order valence-corrected chi connectivity index (χ1v) is 12.0. The molecule has 3 rings (SSSR count). The molecule has 0 aliphatic heterocycles. The summed E-state index contributed by atoms with van der Waals surface area (Å²) in [5.41, 5.74) is 4.50. The van der Waals surface area contributed by atoms with Gasteiger partial charge in [0.2, 0.25) is 5.91 Å². The Morgan fingerprint density at radius 2 is 1.60 bits per heavy atom. The van der Waals surface area contributed by atoms with Crippen molar-refractivity contribution in [2.24, 2.45) is 0 Å². The van der Waals surface area contributed by atoms with Crippen LogP contribution in [-0.4, -0.2) is 33.3 Å². The van der Waals surface area contributed by atoms with Gasteiger partial charge in [0.05, 0.1) is 12.5 Å². The SMILES string of the molecule is CCC(C)(Cc1cccc(CC(=O)NCc2ccc(C)cc2)c1)NC[C@H](O)c1cc(O)cc(O)c1. The number of nitrogens with one attached hydrogen (secondary N) is 2. The van der Waals surface area contributed by atoms with E-state index in [0.29, 0.717) is 18.5 Å². The number of aryl methyl sites for hydroxylation is 1. The van der Waals surface area contributed by atoms with E-state index in [1.165, 1.54) is 23.8 Å². The van der Waals surface area contributed by atoms with Crippen molar-refractivity contribution < 1.29 is 20.1 Å². The summed E-state index contributed by atoms with van der Waals surface area (Å²) in [6.07, 6.45) is 0.991. The molecule has 0 aliphatic carbocycles. The highest BCUT2D eigenvalue weighted by Crippen LogP contribution is 2.26. The second-order valence-electron chi connectivity index (χ2n) is 9.53. The minimum absolute atomic E-state index is 0.0170. The Labute approximate surface area is 207 Å². The molecule has 6 nitrogen and oxygen atoms in total. The Balaban J connectivity index is 1.56. The van der Waals surface area contributed by atoms with E-state index in [0.717, 1.165) is 29.5 Å². The fraction of sp³-hybridized carbons (Fsp3) is 0.345. The molecule has 0 spiro atoms. The lowest BCUT2D eigenvalue weighted by molar-refractivity contribution is -0.120. The molecule has 0 aliphatic rings. The second kappa shape index (κ2) is 11.9. The molecule has 186 valence electrons. The van der Waals surface area contributed by atoms with Gasteiger partial charge in [-0.2, -0.15) is 0 Å². The van der Waals surface area contributed by atoms with E-state index in [1.807, 2.05) is 49.4 Å². The molecule has 1 amide bonds. The minimum atomic E-state index is -0.873. The highest BCUT2D eigenvalue weighted by atomic mass is 16.3. The van der Waals surface area contributed by atoms with Crippen molar-refractivity contribution in [2.75, 3.05) is 6.54 Å². The number of amides is 1. The van der Waals surface area contributed by atoms with E-state index in [1.54, 1.807) is 0 Å². The van der Waals surface area contributed by atoms with Gasteiger partial charge in [0.25, 0.3) is 0 Å². The third-order valence-corrected chi connectivity index (χ3v) is 6.37. The first-order valence-electron chi connectivity index (χ1n) is 12.0. The molecule has 5 N–H and O–H groups in total. The average Bonchev–Trinajstić information content (AvgIpc) is 2.82. The van der Waals surface area contributed by atoms with Gasteiger partial charge in [-0.25, -0.2) is 0 Å². The summed E-state index contributed by atoms with van der Waals surface area (Å²) < 4.78 is 0. The molecule has 3 aromatic rings. The van der Waals surface area contributed by atoms with E-state index in [2.05, 4.69) is 30.5 Å². The van der Waals surface area contributed by atoms with Crippen LogP contribution < -0.4 is 10.6 Å². The maximum atomic E-state index is 12.5. The lowest BCUT2D eigenvalue weighted by Crippen LogP contribution is -2.45. The van der Waals surface area contributed by atoms with E-state index in [-0.39, 0.29) is 29.5 Å². The molecule has 0 saturated carbocycles. The van der Waals surface area contributed by atoms with Crippen LogP contribution in [0, 0.1) is 6.92 Å². The normalized spacial score (nSPS) is 13.7. The van der Waals surface area contributed by atoms with Crippen molar-refractivity contribution in [2.45, 2.75) is 58.2 Å². The summed E-state index contributed by atoms with van der Waals surface area (Å²) in [6.45, 7) is 7.00. The van der Waals surface area contributed by atoms with Crippen molar-refractivity contribution in [1.82, 2.24) is 10.6 Å². The average molecular weight is 477 g/mol. The van der Waals surface area contributed by atoms with E-state index in [4.69, 9.17) is 0 Å². The van der Waals surface area contributed by atoms with Gasteiger partial charge in [-0.1, -0.05) is 61.0 Å². The molecular formula is C29H36N2O4. The molecule has 0 bridgehead atoms. The van der Waals surface area contributed by atoms with Crippen molar-refractivity contribution in [3.05, 3.63) is 94.5 Å². The van der Waals surface area contributed by atoms with Crippen molar-refractivity contribution in [3.8, 4) is 11.5 Å². The van der Waals surface area contributed by atoms with Crippen LogP contribution in [0.25, 0.3) is 0 Å². The Morgan fingerprint density at radius 1 is 0.943 bits per heavy atom. The maximum Gasteiger partial charge on any atom is 0.224 e. The van der Waals surface area contributed by atoms with Crippen LogP contribution in [0.5, 0.6) is 11.5 Å². The van der Waals surface area contributed by atoms with Gasteiger partial charge in [0.1, 0.15) is 11.5 Å². The largest absolute Gasteiger partial charge is 0.508 e. The third-order valence-electron chi connectivity index (χ3n) is 6.37. The summed E-state index contributed by atoms with van der Waals surface area (Å²) in [5.74, 6) is -0.189. The smallest absolute Gasteiger partial charge is 0.224 e. The number of aliphatic hydroxyl groups is 1. The molecule has 35 heavy (non-hydrogen) atoms. The first kappa shape index (κ1) is 26.3. The van der Waals surface area contributed by atoms with E-state index < -0.39 is 6.10 Å². The second-order valence-corrected chi connectivity index (χ2v) is 9.53. The van der Waals surface area contributed by atoms with Gasteiger partial charge in [0.15, 0.2) is 0 Å². The van der Waals surface area contributed by atoms with Crippen molar-refractivity contribution in [1.29, 1.82) is 0 Å². The topological polar surface area (TPSA) is 102 Å². The van der Waals surface area contributed by atoms with Crippen molar-refractivity contribution in [3.63, 3.8) is 0 Å². The number of aliphatic hydroxyl groups excluding tert-OH is 1. The number of rotatable bonds is 11. The quantitative estimate of drug-likeness (QED) is 0.284. The van der Waals surface area contributed by atoms with Crippen LogP contribution in [0.15, 0.2) is 66.7 Å². The van der Waals surface area contributed by atoms with Crippen molar-refractivity contribution >= 4 is 5.91 Å². The monoisotopic (exact) mass is 476 g/mol. The van der Waals surface area contributed by atoms with Crippen LogP contribution in [0.1, 0.15) is 54.2 Å². The summed E-state index contributed by atoms with van der Waals surface area (Å²) in [4.78, 5) is 12.5. The number of carbonyl (C=O) groups excluding carboxylic acids is 1. The number of benzene rings is 3. The van der Waals surface area contributed by atoms with Gasteiger partial charge in [-0.3, -0.25) is 4.79 Å². The number of phenols is 2. The molecule has 6 heteroatoms. The number of hydrogen-bond donors (Lipinski definition) is 5. The molecule has 0 heterocycles. The molecule has 0 aromatic heterocycles. The zero-order valence-corrected chi connectivity index (χ0v) is 20.7. The number of phenolic OH excluding ortho intramolecular Hbond substituents is 2. The predicted octanol–water partition coefficient (Wildman–Crippen LogP) is 4.30. The van der Waals surface area contributed by atoms with Crippen LogP contribution >= 0.6 is 0 Å². The Bertz CT molecular complexity index is 1110.